The van der Waals surface area contributed by atoms with Crippen LogP contribution in [-0.4, -0.2) is 25.2 Å². The summed E-state index contributed by atoms with van der Waals surface area (Å²) in [6.45, 7) is 2.80. The lowest BCUT2D eigenvalue weighted by molar-refractivity contribution is 0.581. The van der Waals surface area contributed by atoms with Gasteiger partial charge in [-0.05, 0) is 31.7 Å². The highest BCUT2D eigenvalue weighted by Crippen LogP contribution is 2.12. The lowest BCUT2D eigenvalue weighted by Crippen LogP contribution is -2.23. The maximum atomic E-state index is 12.2. The van der Waals surface area contributed by atoms with Crippen molar-refractivity contribution in [1.29, 1.82) is 0 Å². The second-order valence-electron chi connectivity index (χ2n) is 4.91. The van der Waals surface area contributed by atoms with E-state index in [0.717, 1.165) is 16.8 Å². The van der Waals surface area contributed by atoms with Crippen LogP contribution in [0.25, 0.3) is 0 Å². The van der Waals surface area contributed by atoms with Gasteiger partial charge in [0.2, 0.25) is 10.0 Å². The zero-order valence-electron chi connectivity index (χ0n) is 12.4. The van der Waals surface area contributed by atoms with Crippen LogP contribution in [0.3, 0.4) is 0 Å². The molecule has 0 fully saturated rings. The van der Waals surface area contributed by atoms with Crippen LogP contribution in [0.5, 0.6) is 0 Å². The number of nitrogens with zero attached hydrogens (tertiary/aromatic N) is 2. The fraction of sp³-hybridized carbons (Fsp3) is 0.357. The van der Waals surface area contributed by atoms with Gasteiger partial charge >= 0.3 is 0 Å². The minimum absolute atomic E-state index is 0.236. The Labute approximate surface area is 125 Å². The third-order valence-electron chi connectivity index (χ3n) is 3.18. The van der Waals surface area contributed by atoms with Crippen molar-refractivity contribution in [3.8, 4) is 0 Å². The van der Waals surface area contributed by atoms with E-state index < -0.39 is 10.0 Å². The topological polar surface area (TPSA) is 76.0 Å². The van der Waals surface area contributed by atoms with E-state index in [1.54, 1.807) is 28.9 Å². The van der Waals surface area contributed by atoms with E-state index in [4.69, 9.17) is 0 Å². The van der Waals surface area contributed by atoms with Gasteiger partial charge in [-0.15, -0.1) is 0 Å². The number of benzene rings is 1. The molecule has 0 atom stereocenters. The van der Waals surface area contributed by atoms with Crippen LogP contribution < -0.4 is 10.0 Å². The minimum atomic E-state index is -3.51. The average Bonchev–Trinajstić information content (AvgIpc) is 2.76. The minimum Gasteiger partial charge on any atom is -0.316 e. The highest BCUT2D eigenvalue weighted by molar-refractivity contribution is 7.89. The van der Waals surface area contributed by atoms with Gasteiger partial charge < -0.3 is 5.32 Å². The Morgan fingerprint density at radius 2 is 1.86 bits per heavy atom. The molecule has 1 aromatic carbocycles. The lowest BCUT2D eigenvalue weighted by Gasteiger charge is -2.07. The van der Waals surface area contributed by atoms with Crippen LogP contribution in [-0.2, 0) is 30.2 Å². The van der Waals surface area contributed by atoms with Crippen LogP contribution in [0.15, 0.2) is 35.4 Å². The number of hydrogen-bond donors (Lipinski definition) is 2. The molecule has 2 aromatic rings. The SMILES string of the molecule is CNCc1ccc(S(=O)(=O)NCc2cn(C)nc2C)cc1. The number of nitrogens with one attached hydrogen (secondary N) is 2. The maximum Gasteiger partial charge on any atom is 0.240 e. The number of rotatable bonds is 6. The van der Waals surface area contributed by atoms with Gasteiger partial charge in [0.25, 0.3) is 0 Å². The summed E-state index contributed by atoms with van der Waals surface area (Å²) >= 11 is 0. The summed E-state index contributed by atoms with van der Waals surface area (Å²) in [4.78, 5) is 0.267. The molecule has 0 radical (unpaired) electrons. The summed E-state index contributed by atoms with van der Waals surface area (Å²) in [5.74, 6) is 0. The molecule has 7 heteroatoms. The molecule has 0 aliphatic heterocycles. The first-order valence-electron chi connectivity index (χ1n) is 6.64. The first-order chi connectivity index (χ1) is 9.92. The third kappa shape index (κ3) is 3.90. The molecule has 114 valence electrons. The van der Waals surface area contributed by atoms with Crippen molar-refractivity contribution < 1.29 is 8.42 Å². The van der Waals surface area contributed by atoms with Crippen LogP contribution in [0, 0.1) is 6.92 Å². The summed E-state index contributed by atoms with van der Waals surface area (Å²) in [5.41, 5.74) is 2.73. The third-order valence-corrected chi connectivity index (χ3v) is 4.60. The molecular weight excluding hydrogens is 288 g/mol. The van der Waals surface area contributed by atoms with Crippen molar-refractivity contribution in [3.63, 3.8) is 0 Å². The monoisotopic (exact) mass is 308 g/mol. The van der Waals surface area contributed by atoms with E-state index in [1.165, 1.54) is 0 Å². The Hall–Kier alpha value is -1.70. The Morgan fingerprint density at radius 3 is 2.38 bits per heavy atom. The van der Waals surface area contributed by atoms with Crippen LogP contribution >= 0.6 is 0 Å². The molecule has 0 saturated carbocycles. The molecule has 1 aromatic heterocycles. The number of hydrogen-bond acceptors (Lipinski definition) is 4. The van der Waals surface area contributed by atoms with Crippen molar-refractivity contribution in [1.82, 2.24) is 19.8 Å². The van der Waals surface area contributed by atoms with Gasteiger partial charge in [0.05, 0.1) is 10.6 Å². The summed E-state index contributed by atoms with van der Waals surface area (Å²) in [6, 6.07) is 6.84. The van der Waals surface area contributed by atoms with Crippen LogP contribution in [0.2, 0.25) is 0 Å². The molecule has 0 aliphatic rings. The largest absolute Gasteiger partial charge is 0.316 e. The van der Waals surface area contributed by atoms with E-state index in [2.05, 4.69) is 15.1 Å². The van der Waals surface area contributed by atoms with Crippen molar-refractivity contribution in [2.24, 2.45) is 7.05 Å². The highest BCUT2D eigenvalue weighted by Gasteiger charge is 2.14. The quantitative estimate of drug-likeness (QED) is 0.832. The Kier molecular flexibility index (Phi) is 4.76. The molecule has 0 aliphatic carbocycles. The summed E-state index contributed by atoms with van der Waals surface area (Å²) in [7, 11) is 0.156. The predicted octanol–water partition coefficient (Wildman–Crippen LogP) is 0.926. The first-order valence-corrected chi connectivity index (χ1v) is 8.13. The predicted molar refractivity (Wildman–Crippen MR) is 81.2 cm³/mol. The number of aromatic nitrogens is 2. The van der Waals surface area contributed by atoms with Gasteiger partial charge in [0.1, 0.15) is 0 Å². The van der Waals surface area contributed by atoms with Gasteiger partial charge in [-0.2, -0.15) is 5.10 Å². The Balaban J connectivity index is 2.09. The molecular formula is C14H20N4O2S. The zero-order valence-corrected chi connectivity index (χ0v) is 13.2. The number of aryl methyl sites for hydroxylation is 2. The Morgan fingerprint density at radius 1 is 1.19 bits per heavy atom. The normalized spacial score (nSPS) is 11.8. The molecule has 2 rings (SSSR count). The smallest absolute Gasteiger partial charge is 0.240 e. The zero-order chi connectivity index (χ0) is 15.5. The van der Waals surface area contributed by atoms with Gasteiger partial charge in [-0.3, -0.25) is 4.68 Å². The van der Waals surface area contributed by atoms with Gasteiger partial charge in [-0.25, -0.2) is 13.1 Å². The fourth-order valence-electron chi connectivity index (χ4n) is 2.07. The molecule has 21 heavy (non-hydrogen) atoms. The first kappa shape index (κ1) is 15.7. The Bertz CT molecular complexity index is 705. The molecule has 1 heterocycles. The van der Waals surface area contributed by atoms with Gasteiger partial charge in [0, 0.05) is 31.9 Å². The van der Waals surface area contributed by atoms with Crippen molar-refractivity contribution in [2.75, 3.05) is 7.05 Å². The highest BCUT2D eigenvalue weighted by atomic mass is 32.2. The molecule has 0 saturated heterocycles. The standard InChI is InChI=1S/C14H20N4O2S/c1-11-13(10-18(3)17-11)9-16-21(19,20)14-6-4-12(5-7-14)8-15-2/h4-7,10,15-16H,8-9H2,1-3H3. The summed E-state index contributed by atoms with van der Waals surface area (Å²) in [6.07, 6.45) is 1.81. The second kappa shape index (κ2) is 6.38. The molecule has 0 spiro atoms. The number of sulfonamides is 1. The van der Waals surface area contributed by atoms with Crippen LogP contribution in [0.1, 0.15) is 16.8 Å². The van der Waals surface area contributed by atoms with E-state index in [0.29, 0.717) is 6.54 Å². The van der Waals surface area contributed by atoms with Crippen molar-refractivity contribution in [2.45, 2.75) is 24.9 Å². The van der Waals surface area contributed by atoms with Crippen molar-refractivity contribution >= 4 is 10.0 Å². The van der Waals surface area contributed by atoms with Gasteiger partial charge in [-0.1, -0.05) is 12.1 Å². The maximum absolute atomic E-state index is 12.2. The van der Waals surface area contributed by atoms with Gasteiger partial charge in [0.15, 0.2) is 0 Å². The average molecular weight is 308 g/mol. The molecule has 0 bridgehead atoms. The lowest BCUT2D eigenvalue weighted by atomic mass is 10.2. The summed E-state index contributed by atoms with van der Waals surface area (Å²) in [5, 5.41) is 7.21. The van der Waals surface area contributed by atoms with E-state index in [1.807, 2.05) is 27.2 Å². The van der Waals surface area contributed by atoms with Crippen LogP contribution in [0.4, 0.5) is 0 Å². The van der Waals surface area contributed by atoms with Crippen molar-refractivity contribution in [3.05, 3.63) is 47.3 Å². The van der Waals surface area contributed by atoms with E-state index >= 15 is 0 Å². The second-order valence-corrected chi connectivity index (χ2v) is 6.68. The van der Waals surface area contributed by atoms with E-state index in [9.17, 15) is 8.42 Å². The molecule has 0 amide bonds. The molecule has 2 N–H and O–H groups in total. The molecule has 0 unspecified atom stereocenters. The van der Waals surface area contributed by atoms with E-state index in [-0.39, 0.29) is 11.4 Å². The summed E-state index contributed by atoms with van der Waals surface area (Å²) < 4.78 is 28.8. The fourth-order valence-corrected chi connectivity index (χ4v) is 3.08. The molecule has 6 nitrogen and oxygen atoms in total.